The molecule has 1 aliphatic heterocycles. The lowest BCUT2D eigenvalue weighted by Gasteiger charge is -2.12. The molecule has 0 atom stereocenters. The summed E-state index contributed by atoms with van der Waals surface area (Å²) in [7, 11) is -0.414. The first-order valence-corrected chi connectivity index (χ1v) is 10.5. The Hall–Kier alpha value is -3.50. The number of fused-ring (bicyclic) bond motifs is 1. The molecule has 30 heavy (non-hydrogen) atoms. The summed E-state index contributed by atoms with van der Waals surface area (Å²) in [6.07, 6.45) is 1.72. The number of amides is 1. The van der Waals surface area contributed by atoms with Crippen LogP contribution in [-0.2, 0) is 28.9 Å². The van der Waals surface area contributed by atoms with Gasteiger partial charge in [-0.3, -0.25) is 13.9 Å². The Balaban J connectivity index is 1.70. The lowest BCUT2D eigenvalue weighted by atomic mass is 10.1. The molecule has 1 aliphatic rings. The van der Waals surface area contributed by atoms with Gasteiger partial charge in [0.25, 0.3) is 5.91 Å². The van der Waals surface area contributed by atoms with Crippen LogP contribution in [0.4, 0.5) is 5.69 Å². The van der Waals surface area contributed by atoms with E-state index in [-0.39, 0.29) is 16.5 Å². The number of anilines is 1. The molecule has 0 unspecified atom stereocenters. The minimum Gasteiger partial charge on any atom is -0.295 e. The first-order valence-electron chi connectivity index (χ1n) is 8.98. The summed E-state index contributed by atoms with van der Waals surface area (Å²) >= 11 is 0. The molecular formula is C20H19N5O4S. The molecule has 154 valence electrons. The number of carbonyl (C=O) groups is 1. The van der Waals surface area contributed by atoms with Gasteiger partial charge in [-0.05, 0) is 55.0 Å². The minimum absolute atomic E-state index is 0.0452. The van der Waals surface area contributed by atoms with E-state index < -0.39 is 10.0 Å². The zero-order chi connectivity index (χ0) is 21.8. The molecule has 1 aromatic heterocycles. The molecule has 3 aromatic rings. The number of sulfonamides is 1. The maximum absolute atomic E-state index is 12.9. The lowest BCUT2D eigenvalue weighted by molar-refractivity contribution is -0.114. The lowest BCUT2D eigenvalue weighted by Crippen LogP contribution is -2.21. The van der Waals surface area contributed by atoms with Gasteiger partial charge in [0, 0.05) is 14.1 Å². The van der Waals surface area contributed by atoms with E-state index in [9.17, 15) is 18.0 Å². The van der Waals surface area contributed by atoms with Crippen molar-refractivity contribution < 1.29 is 13.2 Å². The van der Waals surface area contributed by atoms with Gasteiger partial charge in [-0.15, -0.1) is 0 Å². The highest BCUT2D eigenvalue weighted by atomic mass is 32.2. The van der Waals surface area contributed by atoms with Gasteiger partial charge in [-0.1, -0.05) is 6.07 Å². The van der Waals surface area contributed by atoms with Crippen LogP contribution in [0.3, 0.4) is 0 Å². The van der Waals surface area contributed by atoms with Crippen LogP contribution in [0.1, 0.15) is 12.5 Å². The van der Waals surface area contributed by atoms with Crippen LogP contribution in [0, 0.1) is 0 Å². The zero-order valence-electron chi connectivity index (χ0n) is 16.5. The fraction of sp³-hybridized carbons (Fsp3) is 0.150. The van der Waals surface area contributed by atoms with Crippen molar-refractivity contribution in [1.29, 1.82) is 0 Å². The van der Waals surface area contributed by atoms with Gasteiger partial charge in [0.1, 0.15) is 0 Å². The number of hydrogen-bond donors (Lipinski definition) is 1. The van der Waals surface area contributed by atoms with Crippen LogP contribution >= 0.6 is 0 Å². The molecular weight excluding hydrogens is 406 g/mol. The quantitative estimate of drug-likeness (QED) is 0.637. The molecule has 9 nitrogen and oxygen atoms in total. The molecule has 0 fully saturated rings. The van der Waals surface area contributed by atoms with Gasteiger partial charge in [0.2, 0.25) is 10.0 Å². The summed E-state index contributed by atoms with van der Waals surface area (Å²) in [5.41, 5.74) is 3.54. The number of nitrogens with zero attached hydrogens (tertiary/aromatic N) is 4. The summed E-state index contributed by atoms with van der Waals surface area (Å²) in [6.45, 7) is 1.72. The van der Waals surface area contributed by atoms with Crippen LogP contribution < -0.4 is 15.8 Å². The first kappa shape index (κ1) is 19.8. The average molecular weight is 425 g/mol. The van der Waals surface area contributed by atoms with Crippen molar-refractivity contribution in [1.82, 2.24) is 9.13 Å². The Kier molecular flexibility index (Phi) is 4.48. The maximum Gasteiger partial charge on any atom is 0.328 e. The normalized spacial score (nSPS) is 16.0. The van der Waals surface area contributed by atoms with Gasteiger partial charge in [0.05, 0.1) is 32.9 Å². The van der Waals surface area contributed by atoms with Crippen LogP contribution in [-0.4, -0.2) is 29.2 Å². The molecule has 0 bridgehead atoms. The number of nitrogens with two attached hydrogens (primary N) is 1. The van der Waals surface area contributed by atoms with Crippen LogP contribution in [0.2, 0.25) is 0 Å². The Morgan fingerprint density at radius 2 is 1.60 bits per heavy atom. The fourth-order valence-corrected chi connectivity index (χ4v) is 3.93. The van der Waals surface area contributed by atoms with Gasteiger partial charge < -0.3 is 0 Å². The predicted molar refractivity (Wildman–Crippen MR) is 115 cm³/mol. The largest absolute Gasteiger partial charge is 0.328 e. The number of benzene rings is 2. The third-order valence-corrected chi connectivity index (χ3v) is 6.01. The third-order valence-electron chi connectivity index (χ3n) is 5.08. The first-order chi connectivity index (χ1) is 14.1. The molecule has 4 rings (SSSR count). The van der Waals surface area contributed by atoms with E-state index in [0.29, 0.717) is 17.0 Å². The molecule has 0 saturated heterocycles. The van der Waals surface area contributed by atoms with Crippen molar-refractivity contribution in [3.63, 3.8) is 0 Å². The molecule has 2 N–H and O–H groups in total. The molecule has 0 radical (unpaired) electrons. The Morgan fingerprint density at radius 3 is 2.23 bits per heavy atom. The SMILES string of the molecule is CC1=NN(c2ccc(S(N)(=O)=O)cc2)C(=O)/C1=C/c1ccc2c(c1)n(C)c(=O)n2C. The number of aromatic nitrogens is 2. The van der Waals surface area contributed by atoms with Gasteiger partial charge in [0.15, 0.2) is 0 Å². The van der Waals surface area contributed by atoms with Gasteiger partial charge >= 0.3 is 5.69 Å². The average Bonchev–Trinajstić information content (AvgIpc) is 3.10. The van der Waals surface area contributed by atoms with Crippen molar-refractivity contribution in [3.8, 4) is 0 Å². The van der Waals surface area contributed by atoms with E-state index in [1.54, 1.807) is 36.2 Å². The fourth-order valence-electron chi connectivity index (χ4n) is 3.42. The number of hydrogen-bond acceptors (Lipinski definition) is 5. The van der Waals surface area contributed by atoms with Crippen molar-refractivity contribution in [3.05, 3.63) is 64.1 Å². The number of carbonyl (C=O) groups excluding carboxylic acids is 1. The second-order valence-corrected chi connectivity index (χ2v) is 8.61. The number of rotatable bonds is 3. The standard InChI is InChI=1S/C20H19N5O4S/c1-12-16(10-13-4-9-17-18(11-13)24(3)20(27)23(17)2)19(26)25(22-12)14-5-7-15(8-6-14)30(21,28)29/h4-11H,1-3H3,(H2,21,28,29)/b16-10+. The maximum atomic E-state index is 12.9. The molecule has 1 amide bonds. The summed E-state index contributed by atoms with van der Waals surface area (Å²) in [6, 6.07) is 11.1. The van der Waals surface area contributed by atoms with E-state index in [0.717, 1.165) is 16.6 Å². The van der Waals surface area contributed by atoms with Crippen molar-refractivity contribution in [2.45, 2.75) is 11.8 Å². The molecule has 0 spiro atoms. The van der Waals surface area contributed by atoms with Crippen LogP contribution in [0.5, 0.6) is 0 Å². The number of primary sulfonamides is 1. The highest BCUT2D eigenvalue weighted by molar-refractivity contribution is 7.89. The Bertz CT molecular complexity index is 1430. The number of imidazole rings is 1. The monoisotopic (exact) mass is 425 g/mol. The van der Waals surface area contributed by atoms with E-state index in [1.807, 2.05) is 18.2 Å². The molecule has 0 aliphatic carbocycles. The van der Waals surface area contributed by atoms with Crippen LogP contribution in [0.25, 0.3) is 17.1 Å². The minimum atomic E-state index is -3.82. The molecule has 2 aromatic carbocycles. The highest BCUT2D eigenvalue weighted by Gasteiger charge is 2.29. The van der Waals surface area contributed by atoms with Gasteiger partial charge in [-0.25, -0.2) is 18.4 Å². The number of aryl methyl sites for hydroxylation is 2. The summed E-state index contributed by atoms with van der Waals surface area (Å²) in [4.78, 5) is 25.0. The predicted octanol–water partition coefficient (Wildman–Crippen LogP) is 1.33. The Labute approximate surface area is 172 Å². The Morgan fingerprint density at radius 1 is 0.967 bits per heavy atom. The smallest absolute Gasteiger partial charge is 0.295 e. The van der Waals surface area contributed by atoms with Gasteiger partial charge in [-0.2, -0.15) is 10.1 Å². The van der Waals surface area contributed by atoms with Crippen molar-refractivity contribution in [2.75, 3.05) is 5.01 Å². The van der Waals surface area contributed by atoms with Crippen molar-refractivity contribution >= 4 is 44.4 Å². The summed E-state index contributed by atoms with van der Waals surface area (Å²) < 4.78 is 25.9. The summed E-state index contributed by atoms with van der Waals surface area (Å²) in [5, 5.41) is 10.6. The zero-order valence-corrected chi connectivity index (χ0v) is 17.3. The van der Waals surface area contributed by atoms with E-state index in [4.69, 9.17) is 5.14 Å². The van der Waals surface area contributed by atoms with E-state index >= 15 is 0 Å². The second kappa shape index (κ2) is 6.78. The van der Waals surface area contributed by atoms with Crippen molar-refractivity contribution in [2.24, 2.45) is 24.3 Å². The second-order valence-electron chi connectivity index (χ2n) is 7.05. The van der Waals surface area contributed by atoms with E-state index in [2.05, 4.69) is 5.10 Å². The highest BCUT2D eigenvalue weighted by Crippen LogP contribution is 2.26. The number of hydrazone groups is 1. The summed E-state index contributed by atoms with van der Waals surface area (Å²) in [5.74, 6) is -0.335. The topological polar surface area (TPSA) is 120 Å². The third kappa shape index (κ3) is 3.15. The van der Waals surface area contributed by atoms with Crippen LogP contribution in [0.15, 0.2) is 62.8 Å². The van der Waals surface area contributed by atoms with E-state index in [1.165, 1.54) is 29.3 Å². The molecule has 10 heteroatoms. The molecule has 0 saturated carbocycles. The molecule has 2 heterocycles.